The van der Waals surface area contributed by atoms with E-state index in [1.165, 1.54) is 16.9 Å². The van der Waals surface area contributed by atoms with E-state index >= 15 is 0 Å². The van der Waals surface area contributed by atoms with Gasteiger partial charge in [0.15, 0.2) is 0 Å². The van der Waals surface area contributed by atoms with Crippen molar-refractivity contribution in [1.82, 2.24) is 4.98 Å². The van der Waals surface area contributed by atoms with E-state index in [0.717, 1.165) is 23.3 Å². The highest BCUT2D eigenvalue weighted by Gasteiger charge is 2.18. The van der Waals surface area contributed by atoms with Crippen LogP contribution in [0, 0.1) is 11.3 Å². The lowest BCUT2D eigenvalue weighted by Crippen LogP contribution is -1.85. The minimum atomic E-state index is 0.518. The van der Waals surface area contributed by atoms with Crippen LogP contribution in [0.4, 0.5) is 0 Å². The number of nitriles is 1. The van der Waals surface area contributed by atoms with Crippen LogP contribution >= 0.6 is 22.9 Å². The highest BCUT2D eigenvalue weighted by Crippen LogP contribution is 2.38. The Hall–Kier alpha value is -1.63. The molecule has 1 aliphatic rings. The van der Waals surface area contributed by atoms with E-state index in [1.807, 2.05) is 12.1 Å². The molecular formula is C15H11ClN2S. The summed E-state index contributed by atoms with van der Waals surface area (Å²) in [7, 11) is 0. The molecule has 2 heterocycles. The molecule has 0 radical (unpaired) electrons. The Kier molecular flexibility index (Phi) is 3.37. The van der Waals surface area contributed by atoms with Gasteiger partial charge in [-0.05, 0) is 48.6 Å². The zero-order valence-electron chi connectivity index (χ0n) is 10.2. The molecule has 0 spiro atoms. The Morgan fingerprint density at radius 1 is 1.32 bits per heavy atom. The largest absolute Gasteiger partial charge is 0.265 e. The van der Waals surface area contributed by atoms with Crippen LogP contribution in [-0.2, 0) is 12.8 Å². The average Bonchev–Trinajstić information content (AvgIpc) is 3.01. The molecule has 2 nitrogen and oxygen atoms in total. The number of aromatic nitrogens is 1. The van der Waals surface area contributed by atoms with E-state index in [0.29, 0.717) is 10.6 Å². The first-order valence-corrected chi connectivity index (χ1v) is 7.31. The number of nitrogens with zero attached hydrogens (tertiary/aromatic N) is 2. The molecule has 94 valence electrons. The Labute approximate surface area is 121 Å². The van der Waals surface area contributed by atoms with Crippen LogP contribution in [0.3, 0.4) is 0 Å². The molecule has 0 unspecified atom stereocenters. The fourth-order valence-electron chi connectivity index (χ4n) is 2.32. The first kappa shape index (κ1) is 12.4. The molecule has 0 N–H and O–H groups in total. The summed E-state index contributed by atoms with van der Waals surface area (Å²) in [5, 5.41) is 9.90. The quantitative estimate of drug-likeness (QED) is 0.773. The monoisotopic (exact) mass is 286 g/mol. The fraction of sp³-hybridized carbons (Fsp3) is 0.200. The van der Waals surface area contributed by atoms with Gasteiger partial charge in [0.25, 0.3) is 0 Å². The lowest BCUT2D eigenvalue weighted by molar-refractivity contribution is 0.914. The van der Waals surface area contributed by atoms with Gasteiger partial charge >= 0.3 is 0 Å². The van der Waals surface area contributed by atoms with Crippen LogP contribution in [-0.4, -0.2) is 4.98 Å². The zero-order valence-corrected chi connectivity index (χ0v) is 11.8. The molecular weight excluding hydrogens is 276 g/mol. The van der Waals surface area contributed by atoms with Crippen LogP contribution in [0.15, 0.2) is 30.6 Å². The summed E-state index contributed by atoms with van der Waals surface area (Å²) in [6, 6.07) is 7.96. The molecule has 2 aromatic rings. The summed E-state index contributed by atoms with van der Waals surface area (Å²) in [6.07, 6.45) is 6.85. The number of aryl methyl sites for hydroxylation is 2. The topological polar surface area (TPSA) is 36.7 Å². The molecule has 0 atom stereocenters. The van der Waals surface area contributed by atoms with Gasteiger partial charge in [0, 0.05) is 22.1 Å². The third-order valence-electron chi connectivity index (χ3n) is 3.26. The summed E-state index contributed by atoms with van der Waals surface area (Å²) in [5.74, 6) is 0. The standard InChI is InChI=1S/C15H11ClN2S/c16-15(12(9-17)10-4-6-18-7-5-10)14-8-11-2-1-3-13(11)19-14/h4-8H,1-3H2/b15-12-. The Morgan fingerprint density at radius 3 is 2.79 bits per heavy atom. The molecule has 4 heteroatoms. The molecule has 1 aliphatic carbocycles. The van der Waals surface area contributed by atoms with Crippen molar-refractivity contribution >= 4 is 33.5 Å². The first-order chi connectivity index (χ1) is 9.29. The summed E-state index contributed by atoms with van der Waals surface area (Å²) in [4.78, 5) is 6.38. The van der Waals surface area contributed by atoms with Crippen molar-refractivity contribution in [1.29, 1.82) is 5.26 Å². The van der Waals surface area contributed by atoms with E-state index in [1.54, 1.807) is 23.7 Å². The number of allylic oxidation sites excluding steroid dienone is 1. The van der Waals surface area contributed by atoms with Gasteiger partial charge in [-0.2, -0.15) is 5.26 Å². The molecule has 0 bridgehead atoms. The van der Waals surface area contributed by atoms with Crippen LogP contribution in [0.25, 0.3) is 10.6 Å². The van der Waals surface area contributed by atoms with Crippen LogP contribution in [0.1, 0.15) is 27.3 Å². The smallest absolute Gasteiger partial charge is 0.101 e. The van der Waals surface area contributed by atoms with E-state index in [2.05, 4.69) is 17.1 Å². The van der Waals surface area contributed by atoms with Gasteiger partial charge in [0.1, 0.15) is 6.07 Å². The highest BCUT2D eigenvalue weighted by molar-refractivity contribution is 7.14. The molecule has 2 aromatic heterocycles. The van der Waals surface area contributed by atoms with E-state index in [-0.39, 0.29) is 0 Å². The normalized spacial score (nSPS) is 14.7. The van der Waals surface area contributed by atoms with E-state index < -0.39 is 0 Å². The molecule has 0 saturated heterocycles. The fourth-order valence-corrected chi connectivity index (χ4v) is 3.84. The number of fused-ring (bicyclic) bond motifs is 1. The molecule has 19 heavy (non-hydrogen) atoms. The lowest BCUT2D eigenvalue weighted by Gasteiger charge is -2.01. The third-order valence-corrected chi connectivity index (χ3v) is 5.02. The van der Waals surface area contributed by atoms with Crippen molar-refractivity contribution in [2.75, 3.05) is 0 Å². The van der Waals surface area contributed by atoms with Crippen molar-refractivity contribution in [3.63, 3.8) is 0 Å². The van der Waals surface area contributed by atoms with Gasteiger partial charge in [-0.3, -0.25) is 4.98 Å². The van der Waals surface area contributed by atoms with Gasteiger partial charge in [-0.25, -0.2) is 0 Å². The number of hydrogen-bond acceptors (Lipinski definition) is 3. The maximum Gasteiger partial charge on any atom is 0.101 e. The number of halogens is 1. The molecule has 0 aliphatic heterocycles. The molecule has 0 amide bonds. The molecule has 0 aromatic carbocycles. The number of thiophene rings is 1. The van der Waals surface area contributed by atoms with Crippen molar-refractivity contribution in [2.45, 2.75) is 19.3 Å². The number of rotatable bonds is 2. The van der Waals surface area contributed by atoms with E-state index in [9.17, 15) is 5.26 Å². The first-order valence-electron chi connectivity index (χ1n) is 6.12. The van der Waals surface area contributed by atoms with Gasteiger partial charge in [0.2, 0.25) is 0 Å². The van der Waals surface area contributed by atoms with Gasteiger partial charge in [-0.1, -0.05) is 11.6 Å². The Balaban J connectivity index is 2.06. The maximum atomic E-state index is 9.35. The summed E-state index contributed by atoms with van der Waals surface area (Å²) < 4.78 is 0. The highest BCUT2D eigenvalue weighted by atomic mass is 35.5. The summed E-state index contributed by atoms with van der Waals surface area (Å²) in [6.45, 7) is 0. The number of hydrogen-bond donors (Lipinski definition) is 0. The molecule has 0 saturated carbocycles. The van der Waals surface area contributed by atoms with Crippen molar-refractivity contribution in [3.05, 3.63) is 51.5 Å². The Morgan fingerprint density at radius 2 is 2.11 bits per heavy atom. The third kappa shape index (κ3) is 2.30. The van der Waals surface area contributed by atoms with Crippen LogP contribution in [0.5, 0.6) is 0 Å². The van der Waals surface area contributed by atoms with Crippen molar-refractivity contribution in [3.8, 4) is 6.07 Å². The van der Waals surface area contributed by atoms with E-state index in [4.69, 9.17) is 11.6 Å². The van der Waals surface area contributed by atoms with Crippen molar-refractivity contribution < 1.29 is 0 Å². The number of pyridine rings is 1. The van der Waals surface area contributed by atoms with Gasteiger partial charge < -0.3 is 0 Å². The minimum Gasteiger partial charge on any atom is -0.265 e. The predicted molar refractivity (Wildman–Crippen MR) is 78.9 cm³/mol. The second kappa shape index (κ2) is 5.16. The second-order valence-corrected chi connectivity index (χ2v) is 5.96. The van der Waals surface area contributed by atoms with Crippen molar-refractivity contribution in [2.24, 2.45) is 0 Å². The van der Waals surface area contributed by atoms with Gasteiger partial charge in [-0.15, -0.1) is 11.3 Å². The minimum absolute atomic E-state index is 0.518. The zero-order chi connectivity index (χ0) is 13.2. The maximum absolute atomic E-state index is 9.35. The van der Waals surface area contributed by atoms with Gasteiger partial charge in [0.05, 0.1) is 10.6 Å². The SMILES string of the molecule is N#C/C(=C(/Cl)c1cc2c(s1)CCC2)c1ccncc1. The molecule has 3 rings (SSSR count). The predicted octanol–water partition coefficient (Wildman–Crippen LogP) is 4.26. The van der Waals surface area contributed by atoms with Crippen LogP contribution < -0.4 is 0 Å². The second-order valence-electron chi connectivity index (χ2n) is 4.45. The summed E-state index contributed by atoms with van der Waals surface area (Å²) in [5.41, 5.74) is 2.73. The lowest BCUT2D eigenvalue weighted by atomic mass is 10.1. The Bertz CT molecular complexity index is 658. The average molecular weight is 287 g/mol. The molecule has 0 fully saturated rings. The summed E-state index contributed by atoms with van der Waals surface area (Å²) >= 11 is 8.13. The van der Waals surface area contributed by atoms with Crippen LogP contribution in [0.2, 0.25) is 0 Å².